The molecule has 0 aliphatic heterocycles. The van der Waals surface area contributed by atoms with Crippen molar-refractivity contribution in [1.29, 1.82) is 0 Å². The fourth-order valence-electron chi connectivity index (χ4n) is 2.65. The van der Waals surface area contributed by atoms with Gasteiger partial charge in [-0.25, -0.2) is 4.98 Å². The molecule has 2 aromatic heterocycles. The number of hydrogen-bond acceptors (Lipinski definition) is 3. The number of hydrogen-bond donors (Lipinski definition) is 1. The van der Waals surface area contributed by atoms with Crippen molar-refractivity contribution in [2.45, 2.75) is 25.8 Å². The van der Waals surface area contributed by atoms with Crippen LogP contribution in [0.3, 0.4) is 0 Å². The van der Waals surface area contributed by atoms with Crippen molar-refractivity contribution in [2.24, 2.45) is 0 Å². The quantitative estimate of drug-likeness (QED) is 0.778. The Hall–Kier alpha value is -1.65. The lowest BCUT2D eigenvalue weighted by molar-refractivity contribution is 0.581. The molecule has 0 spiro atoms. The number of likely N-dealkylation sites (N-methyl/N-ethyl adjacent to an activating group) is 1. The van der Waals surface area contributed by atoms with Crippen LogP contribution in [-0.4, -0.2) is 16.4 Å². The van der Waals surface area contributed by atoms with Crippen LogP contribution < -0.4 is 5.32 Å². The average molecular weight is 285 g/mol. The molecule has 1 atom stereocenters. The molecule has 0 amide bonds. The van der Waals surface area contributed by atoms with E-state index in [0.29, 0.717) is 6.04 Å². The Labute approximate surface area is 123 Å². The van der Waals surface area contributed by atoms with Gasteiger partial charge in [-0.05, 0) is 24.6 Å². The summed E-state index contributed by atoms with van der Waals surface area (Å²) in [7, 11) is 2.02. The zero-order valence-corrected chi connectivity index (χ0v) is 12.7. The van der Waals surface area contributed by atoms with Gasteiger partial charge in [0.2, 0.25) is 0 Å². The van der Waals surface area contributed by atoms with Crippen molar-refractivity contribution in [1.82, 2.24) is 14.7 Å². The first-order valence-electron chi connectivity index (χ1n) is 6.98. The largest absolute Gasteiger partial charge is 0.313 e. The van der Waals surface area contributed by atoms with Crippen molar-refractivity contribution in [3.63, 3.8) is 0 Å². The van der Waals surface area contributed by atoms with E-state index in [1.165, 1.54) is 11.1 Å². The van der Waals surface area contributed by atoms with Gasteiger partial charge in [0, 0.05) is 30.2 Å². The fourth-order valence-corrected chi connectivity index (χ4v) is 3.37. The Kier molecular flexibility index (Phi) is 3.85. The number of thiazole rings is 1. The van der Waals surface area contributed by atoms with E-state index in [2.05, 4.69) is 63.7 Å². The number of aromatic nitrogens is 2. The van der Waals surface area contributed by atoms with Gasteiger partial charge in [0.1, 0.15) is 0 Å². The summed E-state index contributed by atoms with van der Waals surface area (Å²) in [5.41, 5.74) is 3.93. The van der Waals surface area contributed by atoms with Gasteiger partial charge in [-0.2, -0.15) is 0 Å². The minimum absolute atomic E-state index is 0.316. The number of aryl methyl sites for hydroxylation is 1. The molecule has 0 radical (unpaired) electrons. The van der Waals surface area contributed by atoms with E-state index < -0.39 is 0 Å². The Bertz CT molecular complexity index is 670. The Morgan fingerprint density at radius 2 is 2.20 bits per heavy atom. The second kappa shape index (κ2) is 5.77. The van der Waals surface area contributed by atoms with E-state index in [-0.39, 0.29) is 0 Å². The van der Waals surface area contributed by atoms with Crippen molar-refractivity contribution < 1.29 is 0 Å². The molecule has 0 bridgehead atoms. The first kappa shape index (κ1) is 13.3. The van der Waals surface area contributed by atoms with Crippen molar-refractivity contribution in [3.8, 4) is 0 Å². The van der Waals surface area contributed by atoms with Crippen LogP contribution in [0, 0.1) is 0 Å². The van der Waals surface area contributed by atoms with Gasteiger partial charge in [0.25, 0.3) is 0 Å². The summed E-state index contributed by atoms with van der Waals surface area (Å²) in [6.45, 7) is 2.21. The van der Waals surface area contributed by atoms with Crippen molar-refractivity contribution in [2.75, 3.05) is 7.05 Å². The Morgan fingerprint density at radius 3 is 2.95 bits per heavy atom. The molecule has 2 heterocycles. The maximum absolute atomic E-state index is 4.68. The number of benzene rings is 1. The SMILES string of the molecule is CCc1ccccc1C(Cc1cn2ccsc2n1)NC. The summed E-state index contributed by atoms with van der Waals surface area (Å²) in [6.07, 6.45) is 6.17. The molecule has 0 aliphatic carbocycles. The summed E-state index contributed by atoms with van der Waals surface area (Å²) in [6, 6.07) is 8.98. The molecule has 0 aliphatic rings. The second-order valence-corrected chi connectivity index (χ2v) is 5.80. The highest BCUT2D eigenvalue weighted by atomic mass is 32.1. The fraction of sp³-hybridized carbons (Fsp3) is 0.312. The van der Waals surface area contributed by atoms with Crippen LogP contribution in [0.1, 0.15) is 29.8 Å². The predicted molar refractivity (Wildman–Crippen MR) is 84.4 cm³/mol. The number of rotatable bonds is 5. The molecule has 1 aromatic carbocycles. The average Bonchev–Trinajstić information content (AvgIpc) is 3.05. The highest BCUT2D eigenvalue weighted by Gasteiger charge is 2.15. The molecule has 1 unspecified atom stereocenters. The number of nitrogens with zero attached hydrogens (tertiary/aromatic N) is 2. The molecular weight excluding hydrogens is 266 g/mol. The van der Waals surface area contributed by atoms with Gasteiger partial charge in [-0.15, -0.1) is 11.3 Å². The van der Waals surface area contributed by atoms with E-state index in [1.807, 2.05) is 7.05 Å². The van der Waals surface area contributed by atoms with Gasteiger partial charge in [0.05, 0.1) is 5.69 Å². The van der Waals surface area contributed by atoms with Gasteiger partial charge in [0.15, 0.2) is 4.96 Å². The maximum Gasteiger partial charge on any atom is 0.193 e. The Morgan fingerprint density at radius 1 is 1.35 bits per heavy atom. The Balaban J connectivity index is 1.88. The third kappa shape index (κ3) is 2.49. The molecule has 4 heteroatoms. The predicted octanol–water partition coefficient (Wildman–Crippen LogP) is 3.46. The van der Waals surface area contributed by atoms with Crippen molar-refractivity contribution >= 4 is 16.3 Å². The van der Waals surface area contributed by atoms with E-state index >= 15 is 0 Å². The molecule has 104 valence electrons. The molecule has 3 nitrogen and oxygen atoms in total. The van der Waals surface area contributed by atoms with Gasteiger partial charge in [-0.1, -0.05) is 31.2 Å². The van der Waals surface area contributed by atoms with E-state index in [4.69, 9.17) is 0 Å². The molecule has 0 saturated heterocycles. The molecule has 0 saturated carbocycles. The molecule has 20 heavy (non-hydrogen) atoms. The highest BCUT2D eigenvalue weighted by molar-refractivity contribution is 7.15. The zero-order valence-electron chi connectivity index (χ0n) is 11.8. The van der Waals surface area contributed by atoms with Crippen LogP contribution in [0.2, 0.25) is 0 Å². The van der Waals surface area contributed by atoms with E-state index in [0.717, 1.165) is 23.5 Å². The summed E-state index contributed by atoms with van der Waals surface area (Å²) < 4.78 is 2.10. The lowest BCUT2D eigenvalue weighted by Crippen LogP contribution is -2.20. The van der Waals surface area contributed by atoms with Gasteiger partial charge >= 0.3 is 0 Å². The third-order valence-electron chi connectivity index (χ3n) is 3.72. The van der Waals surface area contributed by atoms with Crippen molar-refractivity contribution in [3.05, 3.63) is 58.9 Å². The molecule has 0 fully saturated rings. The molecule has 1 N–H and O–H groups in total. The van der Waals surface area contributed by atoms with E-state index in [1.54, 1.807) is 11.3 Å². The van der Waals surface area contributed by atoms with Crippen LogP contribution >= 0.6 is 11.3 Å². The summed E-state index contributed by atoms with van der Waals surface area (Å²) in [4.78, 5) is 5.75. The van der Waals surface area contributed by atoms with Crippen LogP contribution in [0.15, 0.2) is 42.0 Å². The lowest BCUT2D eigenvalue weighted by atomic mass is 9.96. The lowest BCUT2D eigenvalue weighted by Gasteiger charge is -2.18. The standard InChI is InChI=1S/C16H19N3S/c1-3-12-6-4-5-7-14(12)15(17-2)10-13-11-19-8-9-20-16(19)18-13/h4-9,11,15,17H,3,10H2,1-2H3. The van der Waals surface area contributed by atoms with Crippen LogP contribution in [0.5, 0.6) is 0 Å². The smallest absolute Gasteiger partial charge is 0.193 e. The number of imidazole rings is 1. The second-order valence-electron chi connectivity index (χ2n) is 4.92. The molecule has 3 rings (SSSR count). The summed E-state index contributed by atoms with van der Waals surface area (Å²) >= 11 is 1.68. The van der Waals surface area contributed by atoms with E-state index in [9.17, 15) is 0 Å². The summed E-state index contributed by atoms with van der Waals surface area (Å²) in [5.74, 6) is 0. The summed E-state index contributed by atoms with van der Waals surface area (Å²) in [5, 5.41) is 5.50. The first-order chi connectivity index (χ1) is 9.81. The zero-order chi connectivity index (χ0) is 13.9. The highest BCUT2D eigenvalue weighted by Crippen LogP contribution is 2.23. The van der Waals surface area contributed by atoms with Crippen LogP contribution in [0.4, 0.5) is 0 Å². The van der Waals surface area contributed by atoms with Gasteiger partial charge in [-0.3, -0.25) is 4.40 Å². The van der Waals surface area contributed by atoms with Crippen LogP contribution in [-0.2, 0) is 12.8 Å². The minimum atomic E-state index is 0.316. The number of nitrogens with one attached hydrogen (secondary N) is 1. The minimum Gasteiger partial charge on any atom is -0.313 e. The first-order valence-corrected chi connectivity index (χ1v) is 7.86. The maximum atomic E-state index is 4.68. The topological polar surface area (TPSA) is 29.3 Å². The molecular formula is C16H19N3S. The normalized spacial score (nSPS) is 12.9. The monoisotopic (exact) mass is 285 g/mol. The third-order valence-corrected chi connectivity index (χ3v) is 4.49. The van der Waals surface area contributed by atoms with Gasteiger partial charge < -0.3 is 5.32 Å². The molecule has 3 aromatic rings. The van der Waals surface area contributed by atoms with Crippen LogP contribution in [0.25, 0.3) is 4.96 Å². The number of fused-ring (bicyclic) bond motifs is 1.